The second kappa shape index (κ2) is 7.78. The monoisotopic (exact) mass is 410 g/mol. The van der Waals surface area contributed by atoms with Crippen LogP contribution in [0.2, 0.25) is 0 Å². The Kier molecular flexibility index (Phi) is 6.98. The minimum absolute atomic E-state index is 0.131. The van der Waals surface area contributed by atoms with Gasteiger partial charge < -0.3 is 9.80 Å². The summed E-state index contributed by atoms with van der Waals surface area (Å²) in [5.74, 6) is 0.808. The lowest BCUT2D eigenvalue weighted by Crippen LogP contribution is -2.54. The Balaban J connectivity index is 2.52. The Labute approximate surface area is 138 Å². The maximum absolute atomic E-state index is 12.2. The molecule has 0 aliphatic carbocycles. The Morgan fingerprint density at radius 3 is 1.20 bits per heavy atom. The van der Waals surface area contributed by atoms with E-state index in [1.807, 2.05) is 37.5 Å². The summed E-state index contributed by atoms with van der Waals surface area (Å²) in [4.78, 5) is 27.9. The van der Waals surface area contributed by atoms with E-state index in [1.54, 1.807) is 0 Å². The van der Waals surface area contributed by atoms with Crippen molar-refractivity contribution in [2.24, 2.45) is 11.8 Å². The molecule has 4 nitrogen and oxygen atoms in total. The van der Waals surface area contributed by atoms with Crippen LogP contribution in [0.5, 0.6) is 0 Å². The fraction of sp³-hybridized carbons (Fsp3) is 0.857. The summed E-state index contributed by atoms with van der Waals surface area (Å²) >= 11 is 6.90. The molecule has 0 aromatic heterocycles. The maximum Gasteiger partial charge on any atom is 0.236 e. The second-order valence-electron chi connectivity index (χ2n) is 5.94. The third kappa shape index (κ3) is 4.45. The lowest BCUT2D eigenvalue weighted by Gasteiger charge is -2.37. The van der Waals surface area contributed by atoms with Gasteiger partial charge >= 0.3 is 0 Å². The summed E-state index contributed by atoms with van der Waals surface area (Å²) in [5.41, 5.74) is 0. The first-order valence-electron chi connectivity index (χ1n) is 7.11. The highest BCUT2D eigenvalue weighted by Crippen LogP contribution is 2.19. The van der Waals surface area contributed by atoms with Crippen molar-refractivity contribution in [2.45, 2.75) is 37.3 Å². The summed E-state index contributed by atoms with van der Waals surface area (Å²) in [6.45, 7) is 10.6. The van der Waals surface area contributed by atoms with Crippen molar-refractivity contribution in [3.8, 4) is 0 Å². The van der Waals surface area contributed by atoms with Crippen LogP contribution in [-0.4, -0.2) is 57.4 Å². The van der Waals surface area contributed by atoms with E-state index in [0.29, 0.717) is 26.2 Å². The number of amides is 2. The maximum atomic E-state index is 12.2. The molecule has 1 aliphatic heterocycles. The average molecular weight is 412 g/mol. The zero-order valence-electron chi connectivity index (χ0n) is 12.6. The average Bonchev–Trinajstić information content (AvgIpc) is 2.44. The Hall–Kier alpha value is -0.100. The van der Waals surface area contributed by atoms with Gasteiger partial charge in [-0.3, -0.25) is 9.59 Å². The van der Waals surface area contributed by atoms with E-state index in [2.05, 4.69) is 31.9 Å². The summed E-state index contributed by atoms with van der Waals surface area (Å²) in [7, 11) is 0. The molecule has 1 rings (SSSR count). The van der Waals surface area contributed by atoms with Crippen molar-refractivity contribution in [3.63, 3.8) is 0 Å². The minimum atomic E-state index is -0.135. The molecule has 116 valence electrons. The fourth-order valence-corrected chi connectivity index (χ4v) is 2.65. The smallest absolute Gasteiger partial charge is 0.236 e. The van der Waals surface area contributed by atoms with Gasteiger partial charge in [-0.25, -0.2) is 0 Å². The number of rotatable bonds is 4. The van der Waals surface area contributed by atoms with Crippen molar-refractivity contribution in [1.82, 2.24) is 9.80 Å². The molecule has 6 heteroatoms. The Morgan fingerprint density at radius 2 is 1.00 bits per heavy atom. The van der Waals surface area contributed by atoms with E-state index in [1.165, 1.54) is 0 Å². The molecule has 0 bridgehead atoms. The highest BCUT2D eigenvalue weighted by molar-refractivity contribution is 9.10. The Bertz CT molecular complexity index is 319. The topological polar surface area (TPSA) is 40.6 Å². The highest BCUT2D eigenvalue weighted by atomic mass is 79.9. The first-order valence-corrected chi connectivity index (χ1v) is 8.94. The number of halogens is 2. The number of carbonyl (C=O) groups is 2. The van der Waals surface area contributed by atoms with Crippen LogP contribution in [0, 0.1) is 11.8 Å². The van der Waals surface area contributed by atoms with Gasteiger partial charge in [0.15, 0.2) is 0 Å². The van der Waals surface area contributed by atoms with Crippen LogP contribution in [0.1, 0.15) is 27.7 Å². The summed E-state index contributed by atoms with van der Waals surface area (Å²) in [6.07, 6.45) is 0. The third-order valence-electron chi connectivity index (χ3n) is 3.55. The zero-order valence-corrected chi connectivity index (χ0v) is 15.8. The lowest BCUT2D eigenvalue weighted by molar-refractivity contribution is -0.139. The van der Waals surface area contributed by atoms with Gasteiger partial charge in [0.25, 0.3) is 0 Å². The minimum Gasteiger partial charge on any atom is -0.338 e. The van der Waals surface area contributed by atoms with E-state index in [9.17, 15) is 9.59 Å². The van der Waals surface area contributed by atoms with Crippen LogP contribution < -0.4 is 0 Å². The number of hydrogen-bond acceptors (Lipinski definition) is 2. The molecule has 0 N–H and O–H groups in total. The molecule has 20 heavy (non-hydrogen) atoms. The van der Waals surface area contributed by atoms with Crippen LogP contribution in [0.15, 0.2) is 0 Å². The van der Waals surface area contributed by atoms with E-state index in [-0.39, 0.29) is 33.3 Å². The molecule has 0 spiro atoms. The van der Waals surface area contributed by atoms with E-state index in [4.69, 9.17) is 0 Å². The molecule has 1 aliphatic rings. The van der Waals surface area contributed by atoms with E-state index < -0.39 is 0 Å². The van der Waals surface area contributed by atoms with Crippen molar-refractivity contribution >= 4 is 43.7 Å². The predicted octanol–water partition coefficient (Wildman–Crippen LogP) is 2.50. The third-order valence-corrected chi connectivity index (χ3v) is 6.44. The summed E-state index contributed by atoms with van der Waals surface area (Å²) < 4.78 is 0. The van der Waals surface area contributed by atoms with Gasteiger partial charge in [0, 0.05) is 26.2 Å². The molecular formula is C14H24Br2N2O2. The first-order chi connectivity index (χ1) is 9.25. The summed E-state index contributed by atoms with van der Waals surface area (Å²) in [6, 6.07) is 0. The Morgan fingerprint density at radius 1 is 0.750 bits per heavy atom. The van der Waals surface area contributed by atoms with Crippen molar-refractivity contribution < 1.29 is 9.59 Å². The molecular weight excluding hydrogens is 388 g/mol. The van der Waals surface area contributed by atoms with E-state index in [0.717, 1.165) is 0 Å². The van der Waals surface area contributed by atoms with Gasteiger partial charge in [0.2, 0.25) is 11.8 Å². The fourth-order valence-electron chi connectivity index (χ4n) is 2.07. The molecule has 0 radical (unpaired) electrons. The van der Waals surface area contributed by atoms with Crippen molar-refractivity contribution in [2.75, 3.05) is 26.2 Å². The SMILES string of the molecule is CC(C)C(Br)C(=O)N1CCN(C(=O)C(Br)C(C)C)CC1. The molecule has 2 amide bonds. The van der Waals surface area contributed by atoms with Crippen LogP contribution in [0.25, 0.3) is 0 Å². The van der Waals surface area contributed by atoms with Gasteiger partial charge in [0.1, 0.15) is 0 Å². The quantitative estimate of drug-likeness (QED) is 0.666. The second-order valence-corrected chi connectivity index (χ2v) is 7.92. The number of hydrogen-bond donors (Lipinski definition) is 0. The molecule has 0 saturated carbocycles. The largest absolute Gasteiger partial charge is 0.338 e. The lowest BCUT2D eigenvalue weighted by atomic mass is 10.1. The molecule has 1 fully saturated rings. The molecule has 1 saturated heterocycles. The number of piperazine rings is 1. The summed E-state index contributed by atoms with van der Waals surface area (Å²) in [5, 5.41) is 0. The first kappa shape index (κ1) is 18.0. The van der Waals surface area contributed by atoms with Crippen LogP contribution in [0.3, 0.4) is 0 Å². The predicted molar refractivity (Wildman–Crippen MR) is 88.3 cm³/mol. The molecule has 2 unspecified atom stereocenters. The number of carbonyl (C=O) groups excluding carboxylic acids is 2. The van der Waals surface area contributed by atoms with Gasteiger partial charge in [-0.15, -0.1) is 0 Å². The van der Waals surface area contributed by atoms with Gasteiger partial charge in [-0.05, 0) is 11.8 Å². The van der Waals surface area contributed by atoms with Crippen molar-refractivity contribution in [3.05, 3.63) is 0 Å². The molecule has 0 aromatic carbocycles. The standard InChI is InChI=1S/C14H24Br2N2O2/c1-9(2)11(15)13(19)17-5-7-18(8-6-17)14(20)12(16)10(3)4/h9-12H,5-8H2,1-4H3. The normalized spacial score (nSPS) is 19.4. The van der Waals surface area contributed by atoms with Gasteiger partial charge in [-0.1, -0.05) is 59.6 Å². The van der Waals surface area contributed by atoms with Crippen LogP contribution >= 0.6 is 31.9 Å². The zero-order chi connectivity index (χ0) is 15.4. The highest BCUT2D eigenvalue weighted by Gasteiger charge is 2.31. The van der Waals surface area contributed by atoms with Crippen molar-refractivity contribution in [1.29, 1.82) is 0 Å². The number of nitrogens with zero attached hydrogens (tertiary/aromatic N) is 2. The molecule has 1 heterocycles. The van der Waals surface area contributed by atoms with E-state index >= 15 is 0 Å². The molecule has 0 aromatic rings. The number of alkyl halides is 2. The van der Waals surface area contributed by atoms with Gasteiger partial charge in [0.05, 0.1) is 9.65 Å². The van der Waals surface area contributed by atoms with Crippen LogP contribution in [-0.2, 0) is 9.59 Å². The molecule has 2 atom stereocenters. The van der Waals surface area contributed by atoms with Crippen LogP contribution in [0.4, 0.5) is 0 Å². The van der Waals surface area contributed by atoms with Gasteiger partial charge in [-0.2, -0.15) is 0 Å².